The molecule has 142 valence electrons. The van der Waals surface area contributed by atoms with Crippen LogP contribution >= 0.6 is 0 Å². The van der Waals surface area contributed by atoms with Crippen molar-refractivity contribution in [2.24, 2.45) is 5.92 Å². The molecule has 2 aromatic rings. The summed E-state index contributed by atoms with van der Waals surface area (Å²) in [6.07, 6.45) is 4.71. The summed E-state index contributed by atoms with van der Waals surface area (Å²) in [5, 5.41) is 7.76. The number of nitrogens with zero attached hydrogens (tertiary/aromatic N) is 1. The highest BCUT2D eigenvalue weighted by molar-refractivity contribution is 5.37. The molecule has 0 spiro atoms. The van der Waals surface area contributed by atoms with Crippen LogP contribution in [-0.4, -0.2) is 24.9 Å². The molecule has 1 aromatic carbocycles. The van der Waals surface area contributed by atoms with Crippen molar-refractivity contribution in [2.75, 3.05) is 13.7 Å². The summed E-state index contributed by atoms with van der Waals surface area (Å²) in [6, 6.07) is 8.93. The lowest BCUT2D eigenvalue weighted by molar-refractivity contribution is 0.132. The Morgan fingerprint density at radius 2 is 2.15 bits per heavy atom. The van der Waals surface area contributed by atoms with Gasteiger partial charge < -0.3 is 19.3 Å². The van der Waals surface area contributed by atoms with E-state index in [1.807, 2.05) is 19.9 Å². The van der Waals surface area contributed by atoms with Crippen molar-refractivity contribution in [3.8, 4) is 5.75 Å². The van der Waals surface area contributed by atoms with Crippen molar-refractivity contribution in [3.05, 3.63) is 46.8 Å². The molecule has 26 heavy (non-hydrogen) atoms. The number of aryl methyl sites for hydroxylation is 1. The van der Waals surface area contributed by atoms with Crippen LogP contribution in [0.2, 0.25) is 0 Å². The van der Waals surface area contributed by atoms with Gasteiger partial charge in [0.2, 0.25) is 0 Å². The molecule has 5 nitrogen and oxygen atoms in total. The minimum atomic E-state index is 0.526. The number of ether oxygens (including phenoxy) is 2. The Morgan fingerprint density at radius 3 is 2.88 bits per heavy atom. The van der Waals surface area contributed by atoms with Gasteiger partial charge >= 0.3 is 0 Å². The smallest absolute Gasteiger partial charge is 0.137 e. The van der Waals surface area contributed by atoms with Gasteiger partial charge in [0.25, 0.3) is 0 Å². The Hall–Kier alpha value is -1.85. The molecular formula is C21H30N2O3. The van der Waals surface area contributed by atoms with E-state index in [2.05, 4.69) is 28.7 Å². The van der Waals surface area contributed by atoms with Gasteiger partial charge in [0, 0.05) is 37.2 Å². The second kappa shape index (κ2) is 9.19. The SMILES string of the molecule is CCOCc1cc(CN[C@@H]2CCC[C@H]2Cc2cc(C)no2)ccc1OC. The summed E-state index contributed by atoms with van der Waals surface area (Å²) in [5.74, 6) is 2.51. The number of hydrogen-bond donors (Lipinski definition) is 1. The molecule has 1 aliphatic rings. The summed E-state index contributed by atoms with van der Waals surface area (Å²) >= 11 is 0. The van der Waals surface area contributed by atoms with Crippen LogP contribution in [0.15, 0.2) is 28.8 Å². The Morgan fingerprint density at radius 1 is 1.27 bits per heavy atom. The lowest BCUT2D eigenvalue weighted by Crippen LogP contribution is -2.32. The first-order chi connectivity index (χ1) is 12.7. The molecule has 0 amide bonds. The molecule has 2 atom stereocenters. The highest BCUT2D eigenvalue weighted by Crippen LogP contribution is 2.29. The molecule has 1 N–H and O–H groups in total. The molecular weight excluding hydrogens is 328 g/mol. The second-order valence-corrected chi connectivity index (χ2v) is 7.10. The molecule has 3 rings (SSSR count). The molecule has 1 fully saturated rings. The number of rotatable bonds is 9. The van der Waals surface area contributed by atoms with Crippen LogP contribution in [0, 0.1) is 12.8 Å². The molecule has 0 aliphatic heterocycles. The fourth-order valence-corrected chi connectivity index (χ4v) is 3.84. The maximum atomic E-state index is 5.56. The number of hydrogen-bond acceptors (Lipinski definition) is 5. The largest absolute Gasteiger partial charge is 0.496 e. The third-order valence-corrected chi connectivity index (χ3v) is 5.17. The molecule has 0 radical (unpaired) electrons. The van der Waals surface area contributed by atoms with Crippen molar-refractivity contribution < 1.29 is 14.0 Å². The van der Waals surface area contributed by atoms with Crippen LogP contribution in [0.25, 0.3) is 0 Å². The summed E-state index contributed by atoms with van der Waals surface area (Å²) in [6.45, 7) is 6.13. The lowest BCUT2D eigenvalue weighted by Gasteiger charge is -2.20. The van der Waals surface area contributed by atoms with Crippen LogP contribution in [0.4, 0.5) is 0 Å². The number of nitrogens with one attached hydrogen (secondary N) is 1. The third-order valence-electron chi connectivity index (χ3n) is 5.17. The molecule has 5 heteroatoms. The van der Waals surface area contributed by atoms with Crippen LogP contribution in [0.1, 0.15) is 48.8 Å². The maximum Gasteiger partial charge on any atom is 0.137 e. The van der Waals surface area contributed by atoms with Crippen molar-refractivity contribution >= 4 is 0 Å². The van der Waals surface area contributed by atoms with E-state index in [4.69, 9.17) is 14.0 Å². The van der Waals surface area contributed by atoms with Crippen molar-refractivity contribution in [1.82, 2.24) is 10.5 Å². The topological polar surface area (TPSA) is 56.5 Å². The van der Waals surface area contributed by atoms with E-state index in [9.17, 15) is 0 Å². The number of methoxy groups -OCH3 is 1. The summed E-state index contributed by atoms with van der Waals surface area (Å²) in [7, 11) is 1.71. The van der Waals surface area contributed by atoms with Crippen LogP contribution in [0.5, 0.6) is 5.75 Å². The van der Waals surface area contributed by atoms with Gasteiger partial charge in [-0.1, -0.05) is 17.6 Å². The molecule has 0 bridgehead atoms. The van der Waals surface area contributed by atoms with Gasteiger partial charge in [0.15, 0.2) is 0 Å². The predicted octanol–water partition coefficient (Wildman–Crippen LogP) is 4.03. The van der Waals surface area contributed by atoms with Crippen molar-refractivity contribution in [3.63, 3.8) is 0 Å². The van der Waals surface area contributed by atoms with Crippen LogP contribution < -0.4 is 10.1 Å². The molecule has 0 unspecified atom stereocenters. The van der Waals surface area contributed by atoms with Gasteiger partial charge in [-0.3, -0.25) is 0 Å². The van der Waals surface area contributed by atoms with Gasteiger partial charge in [0.05, 0.1) is 19.4 Å². The first kappa shape index (κ1) is 18.9. The first-order valence-corrected chi connectivity index (χ1v) is 9.58. The minimum Gasteiger partial charge on any atom is -0.496 e. The standard InChI is InChI=1S/C21H30N2O3/c1-4-25-14-18-11-16(8-9-21(18)24-3)13-22-20-7-5-6-17(20)12-19-10-15(2)23-26-19/h8-11,17,20,22H,4-7,12-14H2,1-3H3/t17-,20+/m0/s1. The fraction of sp³-hybridized carbons (Fsp3) is 0.571. The average Bonchev–Trinajstić information content (AvgIpc) is 3.27. The zero-order valence-corrected chi connectivity index (χ0v) is 16.1. The maximum absolute atomic E-state index is 5.56. The monoisotopic (exact) mass is 358 g/mol. The summed E-state index contributed by atoms with van der Waals surface area (Å²) < 4.78 is 16.4. The predicted molar refractivity (Wildman–Crippen MR) is 101 cm³/mol. The number of benzene rings is 1. The molecule has 1 aromatic heterocycles. The third kappa shape index (κ3) is 4.86. The first-order valence-electron chi connectivity index (χ1n) is 9.58. The van der Waals surface area contributed by atoms with Crippen LogP contribution in [0.3, 0.4) is 0 Å². The quantitative estimate of drug-likeness (QED) is 0.733. The zero-order chi connectivity index (χ0) is 18.4. The average molecular weight is 358 g/mol. The summed E-state index contributed by atoms with van der Waals surface area (Å²) in [4.78, 5) is 0. The van der Waals surface area contributed by atoms with Gasteiger partial charge in [-0.2, -0.15) is 0 Å². The normalized spacial score (nSPS) is 19.8. The summed E-state index contributed by atoms with van der Waals surface area (Å²) in [5.41, 5.74) is 3.33. The van der Waals surface area contributed by atoms with E-state index < -0.39 is 0 Å². The van der Waals surface area contributed by atoms with E-state index in [1.54, 1.807) is 7.11 Å². The second-order valence-electron chi connectivity index (χ2n) is 7.10. The fourth-order valence-electron chi connectivity index (χ4n) is 3.84. The molecule has 0 saturated heterocycles. The number of aromatic nitrogens is 1. The Balaban J connectivity index is 1.58. The molecule has 1 heterocycles. The highest BCUT2D eigenvalue weighted by atomic mass is 16.5. The van der Waals surface area contributed by atoms with E-state index >= 15 is 0 Å². The lowest BCUT2D eigenvalue weighted by atomic mass is 9.97. The molecule has 1 aliphatic carbocycles. The Bertz CT molecular complexity index is 698. The zero-order valence-electron chi connectivity index (χ0n) is 16.1. The Labute approximate surface area is 156 Å². The van der Waals surface area contributed by atoms with Gasteiger partial charge in [0.1, 0.15) is 11.5 Å². The van der Waals surface area contributed by atoms with E-state index in [-0.39, 0.29) is 0 Å². The van der Waals surface area contributed by atoms with Crippen molar-refractivity contribution in [2.45, 2.75) is 58.7 Å². The van der Waals surface area contributed by atoms with Crippen LogP contribution in [-0.2, 0) is 24.3 Å². The van der Waals surface area contributed by atoms with E-state index in [1.165, 1.54) is 24.8 Å². The minimum absolute atomic E-state index is 0.526. The van der Waals surface area contributed by atoms with E-state index in [0.29, 0.717) is 25.2 Å². The highest BCUT2D eigenvalue weighted by Gasteiger charge is 2.28. The van der Waals surface area contributed by atoms with Gasteiger partial charge in [-0.05, 0) is 50.3 Å². The van der Waals surface area contributed by atoms with Crippen molar-refractivity contribution in [1.29, 1.82) is 0 Å². The molecule has 1 saturated carbocycles. The van der Waals surface area contributed by atoms with E-state index in [0.717, 1.165) is 35.7 Å². The Kier molecular flexibility index (Phi) is 6.69. The van der Waals surface area contributed by atoms with Gasteiger partial charge in [-0.15, -0.1) is 0 Å². The van der Waals surface area contributed by atoms with Gasteiger partial charge in [-0.25, -0.2) is 0 Å².